The van der Waals surface area contributed by atoms with Gasteiger partial charge in [0.2, 0.25) is 0 Å². The summed E-state index contributed by atoms with van der Waals surface area (Å²) in [6.45, 7) is 15.3. The largest absolute Gasteiger partial charge is 0.396 e. The van der Waals surface area contributed by atoms with E-state index in [1.165, 1.54) is 5.57 Å². The van der Waals surface area contributed by atoms with E-state index in [4.69, 9.17) is 0 Å². The van der Waals surface area contributed by atoms with E-state index in [1.54, 1.807) is 0 Å². The standard InChI is InChI=1S/C28H46O4/c1-17(2)18(3)7-8-19(4)22-9-10-23(27(22,5)13-14-29)21-16-25(31)24-15-20(30)11-12-28(24,6)26(21)32/h16-17,19-20,22-25,29-31H,3,7-15H2,1-2,4-6H3/t19-,20+,22-,23+,24+,25+,27-,28+/m1/s1. The van der Waals surface area contributed by atoms with Crippen LogP contribution < -0.4 is 0 Å². The molecular formula is C28H46O4. The van der Waals surface area contributed by atoms with Crippen LogP contribution in [0, 0.1) is 40.4 Å². The van der Waals surface area contributed by atoms with Gasteiger partial charge in [-0.15, -0.1) is 0 Å². The van der Waals surface area contributed by atoms with Crippen LogP contribution in [-0.2, 0) is 4.79 Å². The molecule has 8 atom stereocenters. The van der Waals surface area contributed by atoms with Crippen LogP contribution in [0.15, 0.2) is 23.8 Å². The smallest absolute Gasteiger partial charge is 0.165 e. The maximum atomic E-state index is 13.8. The predicted octanol–water partition coefficient (Wildman–Crippen LogP) is 5.07. The molecule has 3 rings (SSSR count). The molecule has 3 aliphatic rings. The van der Waals surface area contributed by atoms with Crippen molar-refractivity contribution in [2.24, 2.45) is 40.4 Å². The fourth-order valence-electron chi connectivity index (χ4n) is 7.31. The zero-order valence-electron chi connectivity index (χ0n) is 20.9. The first kappa shape index (κ1) is 25.6. The molecule has 3 aliphatic carbocycles. The van der Waals surface area contributed by atoms with Gasteiger partial charge < -0.3 is 15.3 Å². The summed E-state index contributed by atoms with van der Waals surface area (Å²) in [5.74, 6) is 1.47. The third-order valence-electron chi connectivity index (χ3n) is 9.74. The number of allylic oxidation sites excluding steroid dienone is 2. The number of ketones is 1. The molecule has 0 aliphatic heterocycles. The number of carbonyl (C=O) groups excluding carboxylic acids is 1. The van der Waals surface area contributed by atoms with E-state index in [2.05, 4.69) is 34.3 Å². The molecule has 0 aromatic carbocycles. The van der Waals surface area contributed by atoms with E-state index in [-0.39, 0.29) is 29.6 Å². The number of hydrogen-bond acceptors (Lipinski definition) is 4. The van der Waals surface area contributed by atoms with Crippen LogP contribution in [0.2, 0.25) is 0 Å². The van der Waals surface area contributed by atoms with Crippen molar-refractivity contribution in [1.82, 2.24) is 0 Å². The van der Waals surface area contributed by atoms with Crippen molar-refractivity contribution in [2.45, 2.75) is 98.2 Å². The summed E-state index contributed by atoms with van der Waals surface area (Å²) in [5, 5.41) is 31.1. The Morgan fingerprint density at radius 2 is 1.88 bits per heavy atom. The first-order valence-corrected chi connectivity index (χ1v) is 12.9. The van der Waals surface area contributed by atoms with E-state index < -0.39 is 17.6 Å². The van der Waals surface area contributed by atoms with Gasteiger partial charge in [-0.25, -0.2) is 0 Å². The van der Waals surface area contributed by atoms with Crippen LogP contribution in [-0.4, -0.2) is 39.9 Å². The van der Waals surface area contributed by atoms with Gasteiger partial charge >= 0.3 is 0 Å². The lowest BCUT2D eigenvalue weighted by Crippen LogP contribution is -2.52. The molecule has 0 aromatic heterocycles. The second kappa shape index (κ2) is 9.72. The molecule has 0 bridgehead atoms. The second-order valence-electron chi connectivity index (χ2n) is 11.9. The van der Waals surface area contributed by atoms with Gasteiger partial charge in [0, 0.05) is 17.9 Å². The third-order valence-corrected chi connectivity index (χ3v) is 9.74. The monoisotopic (exact) mass is 446 g/mol. The fourth-order valence-corrected chi connectivity index (χ4v) is 7.31. The average Bonchev–Trinajstić information content (AvgIpc) is 3.07. The Kier molecular flexibility index (Phi) is 7.79. The molecule has 2 fully saturated rings. The lowest BCUT2D eigenvalue weighted by Gasteiger charge is -2.49. The molecule has 0 unspecified atom stereocenters. The normalized spacial score (nSPS) is 40.8. The summed E-state index contributed by atoms with van der Waals surface area (Å²) in [5.41, 5.74) is 1.33. The Morgan fingerprint density at radius 1 is 1.19 bits per heavy atom. The number of fused-ring (bicyclic) bond motifs is 1. The van der Waals surface area contributed by atoms with Crippen molar-refractivity contribution < 1.29 is 20.1 Å². The minimum Gasteiger partial charge on any atom is -0.396 e. The number of rotatable bonds is 8. The maximum Gasteiger partial charge on any atom is 0.165 e. The molecule has 0 heterocycles. The molecule has 4 nitrogen and oxygen atoms in total. The number of hydrogen-bond donors (Lipinski definition) is 3. The first-order chi connectivity index (χ1) is 15.0. The summed E-state index contributed by atoms with van der Waals surface area (Å²) in [7, 11) is 0. The van der Waals surface area contributed by atoms with Crippen LogP contribution >= 0.6 is 0 Å². The van der Waals surface area contributed by atoms with E-state index >= 15 is 0 Å². The molecule has 0 aromatic rings. The highest BCUT2D eigenvalue weighted by Crippen LogP contribution is 2.59. The zero-order valence-corrected chi connectivity index (χ0v) is 20.9. The van der Waals surface area contributed by atoms with Gasteiger partial charge in [-0.3, -0.25) is 4.79 Å². The minimum atomic E-state index is -0.688. The van der Waals surface area contributed by atoms with Gasteiger partial charge in [0.15, 0.2) is 5.78 Å². The van der Waals surface area contributed by atoms with Gasteiger partial charge in [0.1, 0.15) is 0 Å². The number of aliphatic hydroxyl groups is 3. The Morgan fingerprint density at radius 3 is 2.50 bits per heavy atom. The molecule has 0 radical (unpaired) electrons. The van der Waals surface area contributed by atoms with Crippen LogP contribution in [0.4, 0.5) is 0 Å². The van der Waals surface area contributed by atoms with Gasteiger partial charge in [-0.05, 0) is 92.1 Å². The minimum absolute atomic E-state index is 0.0715. The summed E-state index contributed by atoms with van der Waals surface area (Å²) in [6, 6.07) is 0. The van der Waals surface area contributed by atoms with Crippen molar-refractivity contribution in [1.29, 1.82) is 0 Å². The van der Waals surface area contributed by atoms with Crippen molar-refractivity contribution in [3.8, 4) is 0 Å². The number of Topliss-reactive ketones (excluding diaryl/α,β-unsaturated/α-hetero) is 1. The van der Waals surface area contributed by atoms with E-state index in [9.17, 15) is 20.1 Å². The Labute approximate surface area is 195 Å². The van der Waals surface area contributed by atoms with Gasteiger partial charge in [-0.1, -0.05) is 46.8 Å². The molecule has 32 heavy (non-hydrogen) atoms. The van der Waals surface area contributed by atoms with Crippen LogP contribution in [0.3, 0.4) is 0 Å². The molecular weight excluding hydrogens is 400 g/mol. The summed E-state index contributed by atoms with van der Waals surface area (Å²) >= 11 is 0. The van der Waals surface area contributed by atoms with Gasteiger partial charge in [-0.2, -0.15) is 0 Å². The van der Waals surface area contributed by atoms with Crippen molar-refractivity contribution >= 4 is 5.78 Å². The summed E-state index contributed by atoms with van der Waals surface area (Å²) in [6.07, 6.45) is 7.22. The quantitative estimate of drug-likeness (QED) is 0.455. The highest BCUT2D eigenvalue weighted by molar-refractivity contribution is 6.01. The predicted molar refractivity (Wildman–Crippen MR) is 129 cm³/mol. The Bertz CT molecular complexity index is 740. The van der Waals surface area contributed by atoms with Crippen molar-refractivity contribution in [2.75, 3.05) is 6.61 Å². The third kappa shape index (κ3) is 4.52. The van der Waals surface area contributed by atoms with E-state index in [0.717, 1.165) is 31.3 Å². The molecule has 182 valence electrons. The van der Waals surface area contributed by atoms with Crippen molar-refractivity contribution in [3.05, 3.63) is 23.8 Å². The lowest BCUT2D eigenvalue weighted by molar-refractivity contribution is -0.138. The van der Waals surface area contributed by atoms with Gasteiger partial charge in [0.05, 0.1) is 12.2 Å². The van der Waals surface area contributed by atoms with Crippen LogP contribution in [0.1, 0.15) is 86.0 Å². The van der Waals surface area contributed by atoms with Crippen LogP contribution in [0.25, 0.3) is 0 Å². The highest BCUT2D eigenvalue weighted by atomic mass is 16.3. The SMILES string of the molecule is C=C(CC[C@@H](C)[C@H]1CC[C@@H](C2=C[C@H](O)[C@@H]3C[C@@H](O)CC[C@]3(C)C2=O)[C@]1(C)CCO)C(C)C. The Hall–Kier alpha value is -0.970. The number of carbonyl (C=O) groups is 1. The fraction of sp³-hybridized carbons (Fsp3) is 0.821. The van der Waals surface area contributed by atoms with Crippen molar-refractivity contribution in [3.63, 3.8) is 0 Å². The highest BCUT2D eigenvalue weighted by Gasteiger charge is 2.56. The maximum absolute atomic E-state index is 13.8. The second-order valence-corrected chi connectivity index (χ2v) is 11.9. The molecule has 0 spiro atoms. The number of aliphatic hydroxyl groups excluding tert-OH is 3. The topological polar surface area (TPSA) is 77.8 Å². The molecule has 3 N–H and O–H groups in total. The molecule has 0 amide bonds. The lowest BCUT2D eigenvalue weighted by atomic mass is 9.55. The van der Waals surface area contributed by atoms with E-state index in [1.807, 2.05) is 13.0 Å². The summed E-state index contributed by atoms with van der Waals surface area (Å²) < 4.78 is 0. The van der Waals surface area contributed by atoms with E-state index in [0.29, 0.717) is 43.4 Å². The summed E-state index contributed by atoms with van der Waals surface area (Å²) in [4.78, 5) is 13.8. The zero-order chi connectivity index (χ0) is 23.8. The average molecular weight is 447 g/mol. The molecule has 0 saturated heterocycles. The molecule has 4 heteroatoms. The first-order valence-electron chi connectivity index (χ1n) is 12.9. The van der Waals surface area contributed by atoms with Gasteiger partial charge in [0.25, 0.3) is 0 Å². The Balaban J connectivity index is 1.86. The van der Waals surface area contributed by atoms with Crippen LogP contribution in [0.5, 0.6) is 0 Å². The molecule has 2 saturated carbocycles.